The number of ether oxygens (including phenoxy) is 4. The third-order valence-corrected chi connectivity index (χ3v) is 3.81. The van der Waals surface area contributed by atoms with Gasteiger partial charge in [-0.1, -0.05) is 0 Å². The lowest BCUT2D eigenvalue weighted by Gasteiger charge is -2.54. The van der Waals surface area contributed by atoms with E-state index in [1.54, 1.807) is 0 Å². The van der Waals surface area contributed by atoms with Gasteiger partial charge in [-0.3, -0.25) is 0 Å². The maximum atomic E-state index is 5.93. The maximum absolute atomic E-state index is 5.93. The lowest BCUT2D eigenvalue weighted by molar-refractivity contribution is -0.453. The molecule has 0 saturated carbocycles. The van der Waals surface area contributed by atoms with Crippen LogP contribution in [0.3, 0.4) is 0 Å². The predicted molar refractivity (Wildman–Crippen MR) is 57.0 cm³/mol. The zero-order chi connectivity index (χ0) is 10.9. The number of rotatable bonds is 0. The Kier molecular flexibility index (Phi) is 2.92. The summed E-state index contributed by atoms with van der Waals surface area (Å²) >= 11 is 0. The van der Waals surface area contributed by atoms with Crippen LogP contribution in [0, 0.1) is 0 Å². The molecule has 4 heteroatoms. The monoisotopic (exact) mass is 228 g/mol. The normalized spacial score (nSPS) is 45.0. The van der Waals surface area contributed by atoms with E-state index in [9.17, 15) is 0 Å². The van der Waals surface area contributed by atoms with E-state index in [0.29, 0.717) is 13.2 Å². The van der Waals surface area contributed by atoms with Crippen molar-refractivity contribution >= 4 is 0 Å². The van der Waals surface area contributed by atoms with Gasteiger partial charge in [0.05, 0.1) is 26.4 Å². The van der Waals surface area contributed by atoms with Gasteiger partial charge in [0.2, 0.25) is 11.6 Å². The van der Waals surface area contributed by atoms with Crippen molar-refractivity contribution in [3.63, 3.8) is 0 Å². The Bertz CT molecular complexity index is 199. The fraction of sp³-hybridized carbons (Fsp3) is 1.00. The molecule has 3 aliphatic heterocycles. The maximum Gasteiger partial charge on any atom is 0.223 e. The topological polar surface area (TPSA) is 36.9 Å². The minimum Gasteiger partial charge on any atom is -0.345 e. The van der Waals surface area contributed by atoms with Crippen LogP contribution >= 0.6 is 0 Å². The molecular weight excluding hydrogens is 208 g/mol. The molecule has 0 aliphatic carbocycles. The van der Waals surface area contributed by atoms with Crippen LogP contribution in [0.5, 0.6) is 0 Å². The molecule has 0 aromatic rings. The van der Waals surface area contributed by atoms with Gasteiger partial charge in [0.25, 0.3) is 0 Å². The summed E-state index contributed by atoms with van der Waals surface area (Å²) < 4.78 is 23.7. The molecule has 2 spiro atoms. The molecule has 16 heavy (non-hydrogen) atoms. The van der Waals surface area contributed by atoms with Crippen LogP contribution in [0.25, 0.3) is 0 Å². The Hall–Kier alpha value is -0.160. The second kappa shape index (κ2) is 4.26. The van der Waals surface area contributed by atoms with Gasteiger partial charge in [-0.2, -0.15) is 0 Å². The third-order valence-electron chi connectivity index (χ3n) is 3.81. The average Bonchev–Trinajstić information content (AvgIpc) is 2.36. The standard InChI is InChI=1S/C12H20O4/c1-3-7-13-11(5-1)12(16-10-9-15-11)6-2-4-8-14-12/h1-10H2/t11-,12-/m0/s1. The van der Waals surface area contributed by atoms with E-state index in [4.69, 9.17) is 18.9 Å². The highest BCUT2D eigenvalue weighted by Crippen LogP contribution is 2.46. The minimum absolute atomic E-state index is 0.616. The first-order valence-electron chi connectivity index (χ1n) is 6.43. The predicted octanol–water partition coefficient (Wildman–Crippen LogP) is 1.83. The van der Waals surface area contributed by atoms with Crippen LogP contribution < -0.4 is 0 Å². The van der Waals surface area contributed by atoms with Crippen molar-refractivity contribution in [1.82, 2.24) is 0 Å². The second-order valence-corrected chi connectivity index (χ2v) is 4.81. The second-order valence-electron chi connectivity index (χ2n) is 4.81. The van der Waals surface area contributed by atoms with E-state index >= 15 is 0 Å². The van der Waals surface area contributed by atoms with Gasteiger partial charge in [0.15, 0.2) is 0 Å². The molecule has 0 bridgehead atoms. The number of hydrogen-bond donors (Lipinski definition) is 0. The first-order chi connectivity index (χ1) is 7.87. The average molecular weight is 228 g/mol. The minimum atomic E-state index is -0.621. The molecular formula is C12H20O4. The molecule has 0 aromatic carbocycles. The summed E-state index contributed by atoms with van der Waals surface area (Å²) in [6.45, 7) is 2.75. The highest BCUT2D eigenvalue weighted by Gasteiger charge is 2.59. The van der Waals surface area contributed by atoms with Gasteiger partial charge < -0.3 is 18.9 Å². The summed E-state index contributed by atoms with van der Waals surface area (Å²) in [7, 11) is 0. The van der Waals surface area contributed by atoms with Crippen molar-refractivity contribution < 1.29 is 18.9 Å². The Labute approximate surface area is 96.2 Å². The van der Waals surface area contributed by atoms with Gasteiger partial charge in [-0.05, 0) is 25.7 Å². The molecule has 0 aromatic heterocycles. The van der Waals surface area contributed by atoms with Crippen molar-refractivity contribution in [3.8, 4) is 0 Å². The lowest BCUT2D eigenvalue weighted by Crippen LogP contribution is -2.66. The van der Waals surface area contributed by atoms with Gasteiger partial charge in [0.1, 0.15) is 0 Å². The first-order valence-corrected chi connectivity index (χ1v) is 6.43. The van der Waals surface area contributed by atoms with Gasteiger partial charge in [0, 0.05) is 12.8 Å². The third kappa shape index (κ3) is 1.59. The summed E-state index contributed by atoms with van der Waals surface area (Å²) in [5, 5.41) is 0. The van der Waals surface area contributed by atoms with Crippen molar-refractivity contribution in [3.05, 3.63) is 0 Å². The zero-order valence-corrected chi connectivity index (χ0v) is 9.70. The highest BCUT2D eigenvalue weighted by atomic mass is 16.8. The molecule has 2 atom stereocenters. The van der Waals surface area contributed by atoms with Crippen LogP contribution in [-0.2, 0) is 18.9 Å². The van der Waals surface area contributed by atoms with E-state index in [1.807, 2.05) is 0 Å². The summed E-state index contributed by atoms with van der Waals surface area (Å²) in [6, 6.07) is 0. The van der Waals surface area contributed by atoms with Crippen LogP contribution in [0.1, 0.15) is 38.5 Å². The molecule has 0 N–H and O–H groups in total. The van der Waals surface area contributed by atoms with Crippen molar-refractivity contribution in [2.24, 2.45) is 0 Å². The van der Waals surface area contributed by atoms with Crippen molar-refractivity contribution in [2.45, 2.75) is 50.1 Å². The van der Waals surface area contributed by atoms with Crippen molar-refractivity contribution in [1.29, 1.82) is 0 Å². The summed E-state index contributed by atoms with van der Waals surface area (Å²) in [6.07, 6.45) is 6.28. The number of hydrogen-bond acceptors (Lipinski definition) is 4. The molecule has 0 radical (unpaired) electrons. The molecule has 4 nitrogen and oxygen atoms in total. The van der Waals surface area contributed by atoms with Crippen LogP contribution in [-0.4, -0.2) is 38.0 Å². The largest absolute Gasteiger partial charge is 0.345 e. The van der Waals surface area contributed by atoms with Crippen LogP contribution in [0.4, 0.5) is 0 Å². The first kappa shape index (κ1) is 11.0. The number of fused-ring (bicyclic) bond motifs is 1. The SMILES string of the molecule is C1CC[C@]2(OC1)OCCO[C@@]21CCCCO1. The zero-order valence-electron chi connectivity index (χ0n) is 9.70. The van der Waals surface area contributed by atoms with E-state index in [-0.39, 0.29) is 0 Å². The molecule has 92 valence electrons. The quantitative estimate of drug-likeness (QED) is 0.634. The smallest absolute Gasteiger partial charge is 0.223 e. The molecule has 0 unspecified atom stereocenters. The van der Waals surface area contributed by atoms with Crippen LogP contribution in [0.15, 0.2) is 0 Å². The summed E-state index contributed by atoms with van der Waals surface area (Å²) in [5.41, 5.74) is 0. The van der Waals surface area contributed by atoms with Gasteiger partial charge in [-0.25, -0.2) is 0 Å². The Morgan fingerprint density at radius 2 is 0.938 bits per heavy atom. The van der Waals surface area contributed by atoms with Crippen molar-refractivity contribution in [2.75, 3.05) is 26.4 Å². The molecule has 3 rings (SSSR count). The Morgan fingerprint density at radius 3 is 1.31 bits per heavy atom. The highest BCUT2D eigenvalue weighted by molar-refractivity contribution is 4.94. The Morgan fingerprint density at radius 1 is 0.500 bits per heavy atom. The van der Waals surface area contributed by atoms with Crippen LogP contribution in [0.2, 0.25) is 0 Å². The molecule has 3 aliphatic rings. The summed E-state index contributed by atoms with van der Waals surface area (Å²) in [4.78, 5) is 0. The molecule has 3 heterocycles. The summed E-state index contributed by atoms with van der Waals surface area (Å²) in [5.74, 6) is -1.24. The van der Waals surface area contributed by atoms with E-state index in [2.05, 4.69) is 0 Å². The van der Waals surface area contributed by atoms with Gasteiger partial charge in [-0.15, -0.1) is 0 Å². The van der Waals surface area contributed by atoms with E-state index in [1.165, 1.54) is 0 Å². The fourth-order valence-electron chi connectivity index (χ4n) is 3.00. The van der Waals surface area contributed by atoms with E-state index < -0.39 is 11.6 Å². The molecule has 0 amide bonds. The molecule has 3 fully saturated rings. The lowest BCUT2D eigenvalue weighted by atomic mass is 9.90. The molecule has 3 saturated heterocycles. The van der Waals surface area contributed by atoms with E-state index in [0.717, 1.165) is 51.7 Å². The Balaban J connectivity index is 1.86. The van der Waals surface area contributed by atoms with Gasteiger partial charge >= 0.3 is 0 Å². The fourth-order valence-corrected chi connectivity index (χ4v) is 3.00.